The first-order valence-corrected chi connectivity index (χ1v) is 12.0. The minimum Gasteiger partial charge on any atom is -0.493 e. The van der Waals surface area contributed by atoms with Gasteiger partial charge in [0.25, 0.3) is 0 Å². The van der Waals surface area contributed by atoms with Crippen LogP contribution in [0.15, 0.2) is 18.2 Å². The summed E-state index contributed by atoms with van der Waals surface area (Å²) in [4.78, 5) is 26.5. The molecule has 2 aromatic rings. The standard InChI is InChI=1S/C24H30ClNO4S/c1-14(2)30-24(28)22-18-9-7-15(3)12-20(18)31-23(22)26-21(27)6-5-11-29-19-10-8-17(25)13-16(19)4/h8,10,13-15H,5-7,9,11-12H2,1-4H3,(H,26,27)/t15-/m0/s1. The molecule has 0 fully saturated rings. The Hall–Kier alpha value is -2.05. The summed E-state index contributed by atoms with van der Waals surface area (Å²) >= 11 is 7.48. The fourth-order valence-corrected chi connectivity index (χ4v) is 5.35. The number of benzene rings is 1. The van der Waals surface area contributed by atoms with E-state index >= 15 is 0 Å². The van der Waals surface area contributed by atoms with Crippen molar-refractivity contribution in [3.05, 3.63) is 44.8 Å². The Balaban J connectivity index is 1.61. The summed E-state index contributed by atoms with van der Waals surface area (Å²) in [5.74, 6) is 0.876. The Morgan fingerprint density at radius 3 is 2.81 bits per heavy atom. The van der Waals surface area contributed by atoms with Crippen molar-refractivity contribution >= 4 is 39.8 Å². The van der Waals surface area contributed by atoms with Gasteiger partial charge in [0.1, 0.15) is 10.8 Å². The molecular weight excluding hydrogens is 434 g/mol. The first-order chi connectivity index (χ1) is 14.7. The second kappa shape index (κ2) is 10.5. The van der Waals surface area contributed by atoms with Gasteiger partial charge < -0.3 is 14.8 Å². The van der Waals surface area contributed by atoms with Crippen molar-refractivity contribution < 1.29 is 19.1 Å². The zero-order chi connectivity index (χ0) is 22.5. The van der Waals surface area contributed by atoms with Gasteiger partial charge in [-0.25, -0.2) is 4.79 Å². The molecule has 0 saturated heterocycles. The summed E-state index contributed by atoms with van der Waals surface area (Å²) in [5.41, 5.74) is 2.55. The van der Waals surface area contributed by atoms with E-state index in [2.05, 4.69) is 12.2 Å². The number of halogens is 1. The largest absolute Gasteiger partial charge is 0.493 e. The number of aryl methyl sites for hydroxylation is 1. The Labute approximate surface area is 193 Å². The first kappa shape index (κ1) is 23.6. The average molecular weight is 464 g/mol. The van der Waals surface area contributed by atoms with E-state index in [-0.39, 0.29) is 18.0 Å². The minimum absolute atomic E-state index is 0.123. The van der Waals surface area contributed by atoms with Crippen LogP contribution in [-0.4, -0.2) is 24.6 Å². The Kier molecular flexibility index (Phi) is 8.00. The number of nitrogens with one attached hydrogen (secondary N) is 1. The third-order valence-corrected chi connectivity index (χ3v) is 6.66. The molecular formula is C24H30ClNO4S. The van der Waals surface area contributed by atoms with E-state index in [0.29, 0.717) is 41.0 Å². The van der Waals surface area contributed by atoms with E-state index in [1.807, 2.05) is 32.9 Å². The quantitative estimate of drug-likeness (QED) is 0.374. The fraction of sp³-hybridized carbons (Fsp3) is 0.500. The molecule has 1 aromatic carbocycles. The molecule has 168 valence electrons. The second-order valence-corrected chi connectivity index (χ2v) is 9.96. The predicted molar refractivity (Wildman–Crippen MR) is 126 cm³/mol. The van der Waals surface area contributed by atoms with Crippen LogP contribution in [0.2, 0.25) is 5.02 Å². The molecule has 31 heavy (non-hydrogen) atoms. The maximum absolute atomic E-state index is 12.7. The van der Waals surface area contributed by atoms with Crippen LogP contribution in [0.1, 0.15) is 66.4 Å². The van der Waals surface area contributed by atoms with Crippen molar-refractivity contribution in [3.8, 4) is 5.75 Å². The van der Waals surface area contributed by atoms with Gasteiger partial charge in [-0.2, -0.15) is 0 Å². The topological polar surface area (TPSA) is 64.6 Å². The van der Waals surface area contributed by atoms with Gasteiger partial charge in [-0.15, -0.1) is 11.3 Å². The molecule has 0 spiro atoms. The van der Waals surface area contributed by atoms with Crippen molar-refractivity contribution in [1.82, 2.24) is 0 Å². The van der Waals surface area contributed by atoms with Crippen LogP contribution in [0, 0.1) is 12.8 Å². The normalized spacial score (nSPS) is 15.5. The molecule has 0 bridgehead atoms. The van der Waals surface area contributed by atoms with Gasteiger partial charge >= 0.3 is 5.97 Å². The van der Waals surface area contributed by atoms with Gasteiger partial charge in [0.2, 0.25) is 5.91 Å². The summed E-state index contributed by atoms with van der Waals surface area (Å²) < 4.78 is 11.2. The molecule has 1 atom stereocenters. The van der Waals surface area contributed by atoms with Gasteiger partial charge in [0.05, 0.1) is 18.3 Å². The number of hydrogen-bond donors (Lipinski definition) is 1. The van der Waals surface area contributed by atoms with Crippen LogP contribution in [0.5, 0.6) is 5.75 Å². The van der Waals surface area contributed by atoms with E-state index in [1.165, 1.54) is 16.2 Å². The van der Waals surface area contributed by atoms with Crippen LogP contribution in [-0.2, 0) is 22.4 Å². The van der Waals surface area contributed by atoms with Crippen molar-refractivity contribution in [2.24, 2.45) is 5.92 Å². The summed E-state index contributed by atoms with van der Waals surface area (Å²) in [6.07, 6.45) is 3.50. The lowest BCUT2D eigenvalue weighted by Crippen LogP contribution is -2.18. The third kappa shape index (κ3) is 6.23. The maximum atomic E-state index is 12.7. The van der Waals surface area contributed by atoms with Gasteiger partial charge in [-0.3, -0.25) is 4.79 Å². The van der Waals surface area contributed by atoms with Gasteiger partial charge in [-0.05, 0) is 81.7 Å². The number of esters is 1. The van der Waals surface area contributed by atoms with E-state index in [9.17, 15) is 9.59 Å². The number of amides is 1. The molecule has 1 aromatic heterocycles. The van der Waals surface area contributed by atoms with Crippen LogP contribution >= 0.6 is 22.9 Å². The molecule has 0 radical (unpaired) electrons. The van der Waals surface area contributed by atoms with E-state index in [0.717, 1.165) is 36.1 Å². The van der Waals surface area contributed by atoms with Gasteiger partial charge in [0.15, 0.2) is 0 Å². The lowest BCUT2D eigenvalue weighted by Gasteiger charge is -2.18. The van der Waals surface area contributed by atoms with Crippen LogP contribution in [0.3, 0.4) is 0 Å². The molecule has 0 aliphatic heterocycles. The molecule has 3 rings (SSSR count). The highest BCUT2D eigenvalue weighted by Crippen LogP contribution is 2.40. The zero-order valence-corrected chi connectivity index (χ0v) is 20.1. The molecule has 0 unspecified atom stereocenters. The number of anilines is 1. The number of ether oxygens (including phenoxy) is 2. The van der Waals surface area contributed by atoms with E-state index in [4.69, 9.17) is 21.1 Å². The lowest BCUT2D eigenvalue weighted by molar-refractivity contribution is -0.116. The molecule has 1 aliphatic rings. The predicted octanol–water partition coefficient (Wildman–Crippen LogP) is 6.20. The van der Waals surface area contributed by atoms with E-state index in [1.54, 1.807) is 6.07 Å². The SMILES string of the molecule is Cc1cc(Cl)ccc1OCCCC(=O)Nc1sc2c(c1C(=O)OC(C)C)CC[C@H](C)C2. The monoisotopic (exact) mass is 463 g/mol. The summed E-state index contributed by atoms with van der Waals surface area (Å²) in [7, 11) is 0. The van der Waals surface area contributed by atoms with Gasteiger partial charge in [0, 0.05) is 16.3 Å². The maximum Gasteiger partial charge on any atom is 0.341 e. The van der Waals surface area contributed by atoms with Crippen molar-refractivity contribution in [3.63, 3.8) is 0 Å². The molecule has 1 heterocycles. The third-order valence-electron chi connectivity index (χ3n) is 5.25. The van der Waals surface area contributed by atoms with Crippen molar-refractivity contribution in [1.29, 1.82) is 0 Å². The van der Waals surface area contributed by atoms with Gasteiger partial charge in [-0.1, -0.05) is 18.5 Å². The summed E-state index contributed by atoms with van der Waals surface area (Å²) in [5, 5.41) is 4.25. The summed E-state index contributed by atoms with van der Waals surface area (Å²) in [6.45, 7) is 8.25. The number of carbonyl (C=O) groups excluding carboxylic acids is 2. The van der Waals surface area contributed by atoms with Crippen LogP contribution < -0.4 is 10.1 Å². The average Bonchev–Trinajstić information content (AvgIpc) is 3.02. The molecule has 1 N–H and O–H groups in total. The number of carbonyl (C=O) groups is 2. The highest BCUT2D eigenvalue weighted by Gasteiger charge is 2.29. The zero-order valence-electron chi connectivity index (χ0n) is 18.5. The Morgan fingerprint density at radius 2 is 2.10 bits per heavy atom. The van der Waals surface area contributed by atoms with Crippen molar-refractivity contribution in [2.75, 3.05) is 11.9 Å². The molecule has 0 saturated carbocycles. The van der Waals surface area contributed by atoms with Crippen molar-refractivity contribution in [2.45, 2.75) is 65.9 Å². The van der Waals surface area contributed by atoms with E-state index < -0.39 is 0 Å². The minimum atomic E-state index is -0.348. The number of hydrogen-bond acceptors (Lipinski definition) is 5. The molecule has 7 heteroatoms. The molecule has 5 nitrogen and oxygen atoms in total. The number of thiophene rings is 1. The smallest absolute Gasteiger partial charge is 0.341 e. The Bertz CT molecular complexity index is 953. The first-order valence-electron chi connectivity index (χ1n) is 10.8. The number of rotatable bonds is 8. The molecule has 1 aliphatic carbocycles. The highest BCUT2D eigenvalue weighted by atomic mass is 35.5. The summed E-state index contributed by atoms with van der Waals surface area (Å²) in [6, 6.07) is 5.47. The molecule has 1 amide bonds. The van der Waals surface area contributed by atoms with Crippen LogP contribution in [0.25, 0.3) is 0 Å². The highest BCUT2D eigenvalue weighted by molar-refractivity contribution is 7.17. The fourth-order valence-electron chi connectivity index (χ4n) is 3.71. The second-order valence-electron chi connectivity index (χ2n) is 8.42. The lowest BCUT2D eigenvalue weighted by atomic mass is 9.88. The Morgan fingerprint density at radius 1 is 1.32 bits per heavy atom. The number of fused-ring (bicyclic) bond motifs is 1. The van der Waals surface area contributed by atoms with Crippen LogP contribution in [0.4, 0.5) is 5.00 Å².